The van der Waals surface area contributed by atoms with Gasteiger partial charge in [0.25, 0.3) is 0 Å². The third kappa shape index (κ3) is 12.7. The Balaban J connectivity index is 1.92. The van der Waals surface area contributed by atoms with Gasteiger partial charge in [0, 0.05) is 37.1 Å². The Bertz CT molecular complexity index is 1450. The fourth-order valence-electron chi connectivity index (χ4n) is 6.36. The van der Waals surface area contributed by atoms with Gasteiger partial charge in [0.15, 0.2) is 11.5 Å². The molecule has 3 unspecified atom stereocenters. The molecule has 0 aromatic heterocycles. The lowest BCUT2D eigenvalue weighted by Gasteiger charge is -2.41. The molecule has 0 saturated carbocycles. The maximum atomic E-state index is 14.1. The van der Waals surface area contributed by atoms with Crippen LogP contribution < -0.4 is 24.3 Å². The predicted octanol–water partition coefficient (Wildman–Crippen LogP) is 6.04. The van der Waals surface area contributed by atoms with E-state index in [2.05, 4.69) is 12.2 Å². The molecule has 1 aliphatic rings. The van der Waals surface area contributed by atoms with Crippen molar-refractivity contribution in [3.8, 4) is 23.0 Å². The van der Waals surface area contributed by atoms with Gasteiger partial charge in [0.1, 0.15) is 30.0 Å². The van der Waals surface area contributed by atoms with Crippen LogP contribution in [0.4, 0.5) is 0 Å². The summed E-state index contributed by atoms with van der Waals surface area (Å²) >= 11 is 2.03. The smallest absolute Gasteiger partial charge is 0.247 e. The molecule has 2 aromatic carbocycles. The molecule has 0 fully saturated rings. The largest absolute Gasteiger partial charge is 0.497 e. The van der Waals surface area contributed by atoms with E-state index in [1.54, 1.807) is 43.4 Å². The van der Waals surface area contributed by atoms with Crippen molar-refractivity contribution in [1.29, 1.82) is 0 Å². The molecular formula is C39H55IN2O9. The number of halogens is 1. The zero-order valence-corrected chi connectivity index (χ0v) is 32.6. The number of aldehydes is 1. The van der Waals surface area contributed by atoms with Crippen LogP contribution in [0.1, 0.15) is 93.5 Å². The van der Waals surface area contributed by atoms with E-state index in [1.807, 2.05) is 34.7 Å². The van der Waals surface area contributed by atoms with Crippen LogP contribution in [0, 0.1) is 3.57 Å². The maximum Gasteiger partial charge on any atom is 0.247 e. The lowest BCUT2D eigenvalue weighted by molar-refractivity contribution is -0.138. The minimum absolute atomic E-state index is 0.0463. The first-order chi connectivity index (χ1) is 24.7. The molecule has 51 heavy (non-hydrogen) atoms. The molecule has 12 heteroatoms. The second-order valence-corrected chi connectivity index (χ2v) is 13.9. The Morgan fingerprint density at radius 3 is 2.27 bits per heavy atom. The fraction of sp³-hybridized carbons (Fsp3) is 0.564. The first kappa shape index (κ1) is 42.1. The summed E-state index contributed by atoms with van der Waals surface area (Å²) < 4.78 is 23.5. The van der Waals surface area contributed by atoms with E-state index in [0.29, 0.717) is 63.3 Å². The highest BCUT2D eigenvalue weighted by atomic mass is 127. The van der Waals surface area contributed by atoms with Crippen LogP contribution in [0.3, 0.4) is 0 Å². The predicted molar refractivity (Wildman–Crippen MR) is 205 cm³/mol. The van der Waals surface area contributed by atoms with E-state index < -0.39 is 24.2 Å². The van der Waals surface area contributed by atoms with Gasteiger partial charge in [0.2, 0.25) is 11.8 Å². The molecular weight excluding hydrogens is 767 g/mol. The van der Waals surface area contributed by atoms with Crippen LogP contribution in [0.2, 0.25) is 0 Å². The minimum atomic E-state index is -1.22. The number of nitrogens with zero attached hydrogens (tertiary/aromatic N) is 1. The molecule has 0 heterocycles. The van der Waals surface area contributed by atoms with Gasteiger partial charge < -0.3 is 39.4 Å². The summed E-state index contributed by atoms with van der Waals surface area (Å²) in [5.41, 5.74) is 1.55. The first-order valence-corrected chi connectivity index (χ1v) is 19.1. The van der Waals surface area contributed by atoms with Gasteiger partial charge in [-0.1, -0.05) is 58.3 Å². The number of carbonyl (C=O) groups is 3. The second kappa shape index (κ2) is 22.5. The third-order valence-corrected chi connectivity index (χ3v) is 9.98. The Hall–Kier alpha value is -3.36. The molecule has 1 aliphatic carbocycles. The average Bonchev–Trinajstić information content (AvgIpc) is 3.14. The van der Waals surface area contributed by atoms with Crippen LogP contribution in [-0.2, 0) is 16.0 Å². The zero-order valence-electron chi connectivity index (χ0n) is 30.5. The highest BCUT2D eigenvalue weighted by molar-refractivity contribution is 14.1. The highest BCUT2D eigenvalue weighted by Gasteiger charge is 2.41. The van der Waals surface area contributed by atoms with Crippen LogP contribution in [0.5, 0.6) is 23.0 Å². The number of hydrogen-bond acceptors (Lipinski definition) is 9. The van der Waals surface area contributed by atoms with Crippen molar-refractivity contribution in [2.45, 2.75) is 102 Å². The van der Waals surface area contributed by atoms with E-state index in [0.717, 1.165) is 24.8 Å². The number of aliphatic hydroxyl groups is 2. The van der Waals surface area contributed by atoms with Gasteiger partial charge in [-0.3, -0.25) is 14.4 Å². The van der Waals surface area contributed by atoms with Gasteiger partial charge in [-0.25, -0.2) is 0 Å². The van der Waals surface area contributed by atoms with Gasteiger partial charge in [0.05, 0.1) is 37.5 Å². The molecule has 3 N–H and O–H groups in total. The van der Waals surface area contributed by atoms with Crippen molar-refractivity contribution < 1.29 is 43.5 Å². The number of methoxy groups -OCH3 is 3. The average molecular weight is 823 g/mol. The zero-order chi connectivity index (χ0) is 37.2. The number of benzene rings is 2. The lowest BCUT2D eigenvalue weighted by Crippen LogP contribution is -2.55. The number of ether oxygens (including phenoxy) is 4. The van der Waals surface area contributed by atoms with E-state index in [1.165, 1.54) is 39.2 Å². The molecule has 2 aromatic rings. The SMILES string of the molecule is CCCCCCCCCCCC(=O)N(CCc1cc(OC)ccc1OC)C1CC(C(=O)NCCO)=CC(Oc2c(I)cc(C=O)cc2OC)C1O. The summed E-state index contributed by atoms with van der Waals surface area (Å²) in [4.78, 5) is 40.7. The van der Waals surface area contributed by atoms with E-state index >= 15 is 0 Å². The monoisotopic (exact) mass is 822 g/mol. The van der Waals surface area contributed by atoms with Gasteiger partial charge in [-0.2, -0.15) is 0 Å². The summed E-state index contributed by atoms with van der Waals surface area (Å²) in [6, 6.07) is 7.86. The summed E-state index contributed by atoms with van der Waals surface area (Å²) in [5.74, 6) is 1.35. The third-order valence-electron chi connectivity index (χ3n) is 9.18. The first-order valence-electron chi connectivity index (χ1n) is 18.0. The van der Waals surface area contributed by atoms with Crippen molar-refractivity contribution in [1.82, 2.24) is 10.2 Å². The number of amides is 2. The molecule has 3 atom stereocenters. The summed E-state index contributed by atoms with van der Waals surface area (Å²) in [6.07, 6.45) is 10.8. The number of aliphatic hydroxyl groups excluding tert-OH is 2. The topological polar surface area (TPSA) is 144 Å². The van der Waals surface area contributed by atoms with Crippen LogP contribution in [0.25, 0.3) is 0 Å². The molecule has 0 spiro atoms. The minimum Gasteiger partial charge on any atom is -0.497 e. The van der Waals surface area contributed by atoms with Crippen LogP contribution in [-0.4, -0.2) is 92.5 Å². The van der Waals surface area contributed by atoms with Gasteiger partial charge in [-0.05, 0) is 77.4 Å². The second-order valence-electron chi connectivity index (χ2n) is 12.8. The normalized spacial score (nSPS) is 16.9. The number of nitrogens with one attached hydrogen (secondary N) is 1. The summed E-state index contributed by atoms with van der Waals surface area (Å²) in [7, 11) is 4.63. The Kier molecular flexibility index (Phi) is 18.6. The Morgan fingerprint density at radius 1 is 0.961 bits per heavy atom. The van der Waals surface area contributed by atoms with Gasteiger partial charge >= 0.3 is 0 Å². The number of hydrogen-bond donors (Lipinski definition) is 3. The lowest BCUT2D eigenvalue weighted by atomic mass is 9.87. The number of carbonyl (C=O) groups excluding carboxylic acids is 3. The van der Waals surface area contributed by atoms with Crippen LogP contribution in [0.15, 0.2) is 42.0 Å². The van der Waals surface area contributed by atoms with Crippen molar-refractivity contribution in [3.63, 3.8) is 0 Å². The number of rotatable bonds is 23. The van der Waals surface area contributed by atoms with E-state index in [-0.39, 0.29) is 32.0 Å². The van der Waals surface area contributed by atoms with E-state index in [9.17, 15) is 24.6 Å². The summed E-state index contributed by atoms with van der Waals surface area (Å²) in [6.45, 7) is 2.26. The number of unbranched alkanes of at least 4 members (excludes halogenated alkanes) is 8. The molecule has 0 aliphatic heterocycles. The summed E-state index contributed by atoms with van der Waals surface area (Å²) in [5, 5.41) is 24.1. The molecule has 282 valence electrons. The molecule has 3 rings (SSSR count). The Labute approximate surface area is 316 Å². The quantitative estimate of drug-likeness (QED) is 0.0695. The van der Waals surface area contributed by atoms with Crippen molar-refractivity contribution in [3.05, 3.63) is 56.7 Å². The highest BCUT2D eigenvalue weighted by Crippen LogP contribution is 2.37. The molecule has 11 nitrogen and oxygen atoms in total. The maximum absolute atomic E-state index is 14.1. The standard InChI is InChI=1S/C39H55IN2O9/c1-5-6-7-8-9-10-11-12-13-14-36(45)42(19-17-28-23-30(48-2)15-16-33(28)49-3)32-24-29(39(47)41-18-20-43)25-34(37(32)46)51-38-31(40)21-27(26-44)22-35(38)50-4/h15-16,21-23,25-26,32,34,37,43,46H,5-14,17-20,24H2,1-4H3,(H,41,47). The van der Waals surface area contributed by atoms with E-state index in [4.69, 9.17) is 18.9 Å². The van der Waals surface area contributed by atoms with Gasteiger partial charge in [-0.15, -0.1) is 0 Å². The molecule has 0 bridgehead atoms. The molecule has 2 amide bonds. The fourth-order valence-corrected chi connectivity index (χ4v) is 7.11. The molecule has 0 saturated heterocycles. The Morgan fingerprint density at radius 2 is 1.65 bits per heavy atom. The molecule has 0 radical (unpaired) electrons. The van der Waals surface area contributed by atoms with Crippen molar-refractivity contribution >= 4 is 40.7 Å². The van der Waals surface area contributed by atoms with Crippen molar-refractivity contribution in [2.24, 2.45) is 0 Å². The van der Waals surface area contributed by atoms with Crippen LogP contribution >= 0.6 is 22.6 Å². The van der Waals surface area contributed by atoms with Crippen molar-refractivity contribution in [2.75, 3.05) is 41.0 Å².